The number of nitrogens with one attached hydrogen (secondary N) is 1. The van der Waals surface area contributed by atoms with Crippen LogP contribution < -0.4 is 10.2 Å². The third-order valence-corrected chi connectivity index (χ3v) is 4.91. The number of Topliss-reactive ketones (excluding diaryl/α,β-unsaturated/α-hetero) is 1. The summed E-state index contributed by atoms with van der Waals surface area (Å²) in [5.41, 5.74) is -0.819. The number of methoxy groups -OCH3 is 1. The molecule has 0 radical (unpaired) electrons. The second-order valence-corrected chi connectivity index (χ2v) is 8.48. The van der Waals surface area contributed by atoms with Gasteiger partial charge in [-0.3, -0.25) is 14.9 Å². The number of carbonyl (C=O) groups is 2. The molecule has 2 rings (SSSR count). The minimum atomic E-state index is -0.669. The highest BCUT2D eigenvalue weighted by molar-refractivity contribution is 5.84. The van der Waals surface area contributed by atoms with Crippen molar-refractivity contribution in [3.05, 3.63) is 33.6 Å². The molecule has 1 aromatic rings. The lowest BCUT2D eigenvalue weighted by atomic mass is 10.0. The van der Waals surface area contributed by atoms with E-state index in [0.717, 1.165) is 12.1 Å². The van der Waals surface area contributed by atoms with Gasteiger partial charge in [0.25, 0.3) is 5.69 Å². The second-order valence-electron chi connectivity index (χ2n) is 8.48. The number of hydrogen-bond donors (Lipinski definition) is 1. The van der Waals surface area contributed by atoms with Gasteiger partial charge in [-0.1, -0.05) is 0 Å². The van der Waals surface area contributed by atoms with Crippen LogP contribution in [0, 0.1) is 15.9 Å². The van der Waals surface area contributed by atoms with Gasteiger partial charge in [0.15, 0.2) is 0 Å². The van der Waals surface area contributed by atoms with E-state index in [9.17, 15) is 24.1 Å². The molecule has 1 heterocycles. The highest BCUT2D eigenvalue weighted by atomic mass is 19.1. The summed E-state index contributed by atoms with van der Waals surface area (Å²) in [6.45, 7) is 6.06. The van der Waals surface area contributed by atoms with Crippen molar-refractivity contribution in [3.63, 3.8) is 0 Å². The van der Waals surface area contributed by atoms with Gasteiger partial charge in [-0.2, -0.15) is 0 Å². The van der Waals surface area contributed by atoms with Crippen molar-refractivity contribution >= 4 is 23.3 Å². The Morgan fingerprint density at radius 2 is 2.06 bits per heavy atom. The van der Waals surface area contributed by atoms with Crippen LogP contribution in [0.5, 0.6) is 0 Å². The highest BCUT2D eigenvalue weighted by Crippen LogP contribution is 2.38. The number of ether oxygens (including phenoxy) is 2. The minimum Gasteiger partial charge on any atom is -0.444 e. The summed E-state index contributed by atoms with van der Waals surface area (Å²) in [5, 5.41) is 14.4. The number of hydrogen-bond acceptors (Lipinski definition) is 7. The van der Waals surface area contributed by atoms with E-state index in [1.807, 2.05) is 0 Å². The van der Waals surface area contributed by atoms with Gasteiger partial charge in [-0.25, -0.2) is 9.18 Å². The van der Waals surface area contributed by atoms with Crippen LogP contribution in [0.15, 0.2) is 12.1 Å². The van der Waals surface area contributed by atoms with Crippen LogP contribution in [0.1, 0.15) is 45.6 Å². The second kappa shape index (κ2) is 10.5. The fourth-order valence-electron chi connectivity index (χ4n) is 3.59. The molecule has 1 aliphatic heterocycles. The lowest BCUT2D eigenvalue weighted by molar-refractivity contribution is -0.384. The van der Waals surface area contributed by atoms with Crippen molar-refractivity contribution in [3.8, 4) is 0 Å². The summed E-state index contributed by atoms with van der Waals surface area (Å²) in [7, 11) is 1.46. The SMILES string of the molecule is COCCC(=O)Cc1c(F)ccc([N+](=O)[O-])c1N1CCC[C@H]1CNC(=O)OC(C)(C)C. The number of benzene rings is 1. The standard InChI is InChI=1S/C21H30FN3O6/c1-21(2,3)31-20(27)23-13-14-6-5-10-24(14)19-16(12-15(26)9-11-30-4)17(22)7-8-18(19)25(28)29/h7-8,14H,5-6,9-13H2,1-4H3,(H,23,27)/t14-/m0/s1. The van der Waals surface area contributed by atoms with Gasteiger partial charge < -0.3 is 19.7 Å². The Kier molecular flexibility index (Phi) is 8.32. The third-order valence-electron chi connectivity index (χ3n) is 4.91. The predicted molar refractivity (Wildman–Crippen MR) is 113 cm³/mol. The molecule has 1 N–H and O–H groups in total. The Hall–Kier alpha value is -2.75. The molecule has 0 bridgehead atoms. The summed E-state index contributed by atoms with van der Waals surface area (Å²) >= 11 is 0. The van der Waals surface area contributed by atoms with E-state index < -0.39 is 22.4 Å². The van der Waals surface area contributed by atoms with Crippen molar-refractivity contribution in [1.82, 2.24) is 5.32 Å². The molecule has 0 unspecified atom stereocenters. The predicted octanol–water partition coefficient (Wildman–Crippen LogP) is 3.38. The van der Waals surface area contributed by atoms with Crippen molar-refractivity contribution < 1.29 is 28.4 Å². The molecule has 31 heavy (non-hydrogen) atoms. The van der Waals surface area contributed by atoms with Gasteiger partial charge in [-0.05, 0) is 39.7 Å². The van der Waals surface area contributed by atoms with Gasteiger partial charge in [0.2, 0.25) is 0 Å². The number of nitrogens with zero attached hydrogens (tertiary/aromatic N) is 2. The number of alkyl carbamates (subject to hydrolysis) is 1. The zero-order chi connectivity index (χ0) is 23.2. The van der Waals surface area contributed by atoms with Crippen LogP contribution in [-0.2, 0) is 20.7 Å². The first-order chi connectivity index (χ1) is 14.5. The number of ketones is 1. The summed E-state index contributed by atoms with van der Waals surface area (Å²) in [6.07, 6.45) is 0.589. The lowest BCUT2D eigenvalue weighted by Crippen LogP contribution is -2.42. The van der Waals surface area contributed by atoms with E-state index in [4.69, 9.17) is 9.47 Å². The Bertz CT molecular complexity index is 824. The number of halogens is 1. The van der Waals surface area contributed by atoms with Crippen LogP contribution in [0.4, 0.5) is 20.6 Å². The van der Waals surface area contributed by atoms with Gasteiger partial charge >= 0.3 is 6.09 Å². The quantitative estimate of drug-likeness (QED) is 0.464. The molecule has 172 valence electrons. The first kappa shape index (κ1) is 24.5. The first-order valence-electron chi connectivity index (χ1n) is 10.2. The normalized spacial score (nSPS) is 16.3. The molecule has 10 heteroatoms. The maximum Gasteiger partial charge on any atom is 0.407 e. The Morgan fingerprint density at radius 3 is 2.68 bits per heavy atom. The van der Waals surface area contributed by atoms with E-state index in [1.165, 1.54) is 7.11 Å². The molecule has 0 saturated carbocycles. The van der Waals surface area contributed by atoms with E-state index in [0.29, 0.717) is 19.4 Å². The molecule has 1 aliphatic rings. The Balaban J connectivity index is 2.31. The molecule has 0 aromatic heterocycles. The average molecular weight is 439 g/mol. The zero-order valence-electron chi connectivity index (χ0n) is 18.4. The van der Waals surface area contributed by atoms with Crippen LogP contribution in [0.25, 0.3) is 0 Å². The summed E-state index contributed by atoms with van der Waals surface area (Å²) < 4.78 is 24.9. The van der Waals surface area contributed by atoms with Crippen LogP contribution in [0.2, 0.25) is 0 Å². The topological polar surface area (TPSA) is 111 Å². The number of amides is 1. The maximum absolute atomic E-state index is 14.7. The summed E-state index contributed by atoms with van der Waals surface area (Å²) in [6, 6.07) is 1.84. The maximum atomic E-state index is 14.7. The van der Waals surface area contributed by atoms with E-state index >= 15 is 0 Å². The molecule has 1 saturated heterocycles. The molecule has 1 amide bonds. The van der Waals surface area contributed by atoms with Crippen LogP contribution >= 0.6 is 0 Å². The van der Waals surface area contributed by atoms with Crippen LogP contribution in [-0.4, -0.2) is 55.2 Å². The van der Waals surface area contributed by atoms with Crippen molar-refractivity contribution in [2.75, 3.05) is 31.7 Å². The summed E-state index contributed by atoms with van der Waals surface area (Å²) in [5.74, 6) is -0.942. The molecule has 0 aliphatic carbocycles. The third kappa shape index (κ3) is 6.88. The van der Waals surface area contributed by atoms with E-state index in [-0.39, 0.29) is 54.8 Å². The van der Waals surface area contributed by atoms with Gasteiger partial charge in [0.1, 0.15) is 22.9 Å². The fourth-order valence-corrected chi connectivity index (χ4v) is 3.59. The smallest absolute Gasteiger partial charge is 0.407 e. The monoisotopic (exact) mass is 439 g/mol. The number of rotatable bonds is 9. The molecule has 9 nitrogen and oxygen atoms in total. The first-order valence-corrected chi connectivity index (χ1v) is 10.2. The molecule has 0 spiro atoms. The van der Waals surface area contributed by atoms with Crippen LogP contribution in [0.3, 0.4) is 0 Å². The molecular formula is C21H30FN3O6. The fraction of sp³-hybridized carbons (Fsp3) is 0.619. The lowest BCUT2D eigenvalue weighted by Gasteiger charge is -2.29. The largest absolute Gasteiger partial charge is 0.444 e. The molecule has 1 aromatic carbocycles. The Labute approximate surface area is 181 Å². The number of nitro benzene ring substituents is 1. The number of nitro groups is 1. The molecule has 1 atom stereocenters. The van der Waals surface area contributed by atoms with Crippen molar-refractivity contribution in [2.45, 2.75) is 58.1 Å². The van der Waals surface area contributed by atoms with Crippen molar-refractivity contribution in [2.24, 2.45) is 0 Å². The molecular weight excluding hydrogens is 409 g/mol. The van der Waals surface area contributed by atoms with E-state index in [1.54, 1.807) is 25.7 Å². The molecule has 1 fully saturated rings. The van der Waals surface area contributed by atoms with Gasteiger partial charge in [-0.15, -0.1) is 0 Å². The zero-order valence-corrected chi connectivity index (χ0v) is 18.4. The van der Waals surface area contributed by atoms with Gasteiger partial charge in [0.05, 0.1) is 11.5 Å². The Morgan fingerprint density at radius 1 is 1.35 bits per heavy atom. The van der Waals surface area contributed by atoms with E-state index in [2.05, 4.69) is 5.32 Å². The van der Waals surface area contributed by atoms with Crippen molar-refractivity contribution in [1.29, 1.82) is 0 Å². The van der Waals surface area contributed by atoms with Gasteiger partial charge in [0, 0.05) is 50.7 Å². The highest BCUT2D eigenvalue weighted by Gasteiger charge is 2.34. The number of carbonyl (C=O) groups excluding carboxylic acids is 2. The average Bonchev–Trinajstić information content (AvgIpc) is 3.12. The minimum absolute atomic E-state index is 0.000490. The summed E-state index contributed by atoms with van der Waals surface area (Å²) in [4.78, 5) is 37.2. The number of anilines is 1.